The van der Waals surface area contributed by atoms with Crippen LogP contribution in [0.4, 0.5) is 0 Å². The Labute approximate surface area is 108 Å². The maximum atomic E-state index is 11.6. The lowest BCUT2D eigenvalue weighted by atomic mass is 9.98. The van der Waals surface area contributed by atoms with E-state index in [0.29, 0.717) is 11.7 Å². The van der Waals surface area contributed by atoms with Crippen LogP contribution in [0.5, 0.6) is 11.5 Å². The normalized spacial score (nSPS) is 12.2. The van der Waals surface area contributed by atoms with Crippen molar-refractivity contribution in [2.75, 3.05) is 13.7 Å². The average molecular weight is 252 g/mol. The van der Waals surface area contributed by atoms with Crippen molar-refractivity contribution in [1.29, 1.82) is 0 Å². The maximum Gasteiger partial charge on any atom is 0.312 e. The number of hydrogen-bond donors (Lipinski definition) is 1. The number of ether oxygens (including phenoxy) is 2. The average Bonchev–Trinajstić information content (AvgIpc) is 2.35. The van der Waals surface area contributed by atoms with Gasteiger partial charge in [0.1, 0.15) is 18.1 Å². The van der Waals surface area contributed by atoms with Gasteiger partial charge in [-0.05, 0) is 36.6 Å². The van der Waals surface area contributed by atoms with Crippen LogP contribution < -0.4 is 4.74 Å². The second-order valence-corrected chi connectivity index (χ2v) is 4.65. The van der Waals surface area contributed by atoms with Gasteiger partial charge in [-0.3, -0.25) is 4.79 Å². The van der Waals surface area contributed by atoms with E-state index in [1.54, 1.807) is 24.3 Å². The van der Waals surface area contributed by atoms with Crippen molar-refractivity contribution < 1.29 is 19.4 Å². The maximum absolute atomic E-state index is 11.6. The molecular formula is C14H20O4. The van der Waals surface area contributed by atoms with Crippen LogP contribution in [-0.4, -0.2) is 24.8 Å². The minimum atomic E-state index is -0.260. The number of carbonyl (C=O) groups excluding carboxylic acids is 1. The lowest BCUT2D eigenvalue weighted by Gasteiger charge is -2.17. The Morgan fingerprint density at radius 3 is 2.39 bits per heavy atom. The Kier molecular flexibility index (Phi) is 5.49. The van der Waals surface area contributed by atoms with Gasteiger partial charge in [-0.1, -0.05) is 13.8 Å². The number of esters is 1. The molecule has 0 aliphatic rings. The molecule has 0 aliphatic heterocycles. The summed E-state index contributed by atoms with van der Waals surface area (Å²) in [6, 6.07) is 6.42. The van der Waals surface area contributed by atoms with Crippen LogP contribution in [0.15, 0.2) is 24.3 Å². The standard InChI is InChI=1S/C14H20O4/c1-10(2)8-11(14(16)17-3)9-18-13-6-4-12(15)5-7-13/h4-7,10-11,15H,8-9H2,1-3H3. The Morgan fingerprint density at radius 1 is 1.28 bits per heavy atom. The quantitative estimate of drug-likeness (QED) is 0.791. The summed E-state index contributed by atoms with van der Waals surface area (Å²) in [7, 11) is 1.39. The molecule has 1 aromatic carbocycles. The van der Waals surface area contributed by atoms with Gasteiger partial charge in [-0.25, -0.2) is 0 Å². The van der Waals surface area contributed by atoms with E-state index in [-0.39, 0.29) is 24.2 Å². The van der Waals surface area contributed by atoms with Crippen molar-refractivity contribution in [1.82, 2.24) is 0 Å². The van der Waals surface area contributed by atoms with Crippen LogP contribution in [0.1, 0.15) is 20.3 Å². The first-order chi connectivity index (χ1) is 8.52. The zero-order chi connectivity index (χ0) is 13.5. The molecule has 4 heteroatoms. The van der Waals surface area contributed by atoms with Crippen LogP contribution >= 0.6 is 0 Å². The highest BCUT2D eigenvalue weighted by atomic mass is 16.5. The summed E-state index contributed by atoms with van der Waals surface area (Å²) in [5.41, 5.74) is 0. The van der Waals surface area contributed by atoms with Gasteiger partial charge in [-0.2, -0.15) is 0 Å². The molecule has 4 nitrogen and oxygen atoms in total. The van der Waals surface area contributed by atoms with E-state index in [4.69, 9.17) is 14.6 Å². The highest BCUT2D eigenvalue weighted by Crippen LogP contribution is 2.19. The molecule has 0 radical (unpaired) electrons. The lowest BCUT2D eigenvalue weighted by Crippen LogP contribution is -2.24. The van der Waals surface area contributed by atoms with Crippen LogP contribution in [0, 0.1) is 11.8 Å². The Balaban J connectivity index is 2.55. The molecule has 0 bridgehead atoms. The van der Waals surface area contributed by atoms with E-state index < -0.39 is 0 Å². The van der Waals surface area contributed by atoms with Crippen molar-refractivity contribution in [2.24, 2.45) is 11.8 Å². The van der Waals surface area contributed by atoms with E-state index >= 15 is 0 Å². The van der Waals surface area contributed by atoms with Crippen LogP contribution in [0.25, 0.3) is 0 Å². The smallest absolute Gasteiger partial charge is 0.312 e. The molecule has 1 atom stereocenters. The fraction of sp³-hybridized carbons (Fsp3) is 0.500. The zero-order valence-electron chi connectivity index (χ0n) is 11.1. The van der Waals surface area contributed by atoms with E-state index in [0.717, 1.165) is 6.42 Å². The number of phenolic OH excluding ortho intramolecular Hbond substituents is 1. The van der Waals surface area contributed by atoms with Crippen molar-refractivity contribution in [3.05, 3.63) is 24.3 Å². The number of phenols is 1. The number of hydrogen-bond acceptors (Lipinski definition) is 4. The summed E-state index contributed by atoms with van der Waals surface area (Å²) in [4.78, 5) is 11.6. The first-order valence-electron chi connectivity index (χ1n) is 6.02. The van der Waals surface area contributed by atoms with Gasteiger partial charge < -0.3 is 14.6 Å². The zero-order valence-corrected chi connectivity index (χ0v) is 11.1. The Bertz CT molecular complexity index is 370. The van der Waals surface area contributed by atoms with Crippen molar-refractivity contribution >= 4 is 5.97 Å². The van der Waals surface area contributed by atoms with Crippen molar-refractivity contribution in [2.45, 2.75) is 20.3 Å². The van der Waals surface area contributed by atoms with Gasteiger partial charge in [0.05, 0.1) is 13.0 Å². The minimum absolute atomic E-state index is 0.189. The summed E-state index contributed by atoms with van der Waals surface area (Å²) in [5.74, 6) is 0.711. The highest BCUT2D eigenvalue weighted by Gasteiger charge is 2.21. The third kappa shape index (κ3) is 4.65. The highest BCUT2D eigenvalue weighted by molar-refractivity contribution is 5.72. The molecular weight excluding hydrogens is 232 g/mol. The SMILES string of the molecule is COC(=O)C(COc1ccc(O)cc1)CC(C)C. The third-order valence-electron chi connectivity index (χ3n) is 2.58. The molecule has 100 valence electrons. The molecule has 1 aromatic rings. The second-order valence-electron chi connectivity index (χ2n) is 4.65. The van der Waals surface area contributed by atoms with E-state index in [2.05, 4.69) is 13.8 Å². The lowest BCUT2D eigenvalue weighted by molar-refractivity contribution is -0.147. The molecule has 0 saturated carbocycles. The van der Waals surface area contributed by atoms with Gasteiger partial charge in [0.2, 0.25) is 0 Å². The Morgan fingerprint density at radius 2 is 1.89 bits per heavy atom. The van der Waals surface area contributed by atoms with Gasteiger partial charge in [0.25, 0.3) is 0 Å². The van der Waals surface area contributed by atoms with E-state index in [1.165, 1.54) is 7.11 Å². The molecule has 0 saturated heterocycles. The van der Waals surface area contributed by atoms with Crippen LogP contribution in [-0.2, 0) is 9.53 Å². The summed E-state index contributed by atoms with van der Waals surface area (Å²) in [6.45, 7) is 4.39. The topological polar surface area (TPSA) is 55.8 Å². The molecule has 0 amide bonds. The molecule has 0 aromatic heterocycles. The van der Waals surface area contributed by atoms with Crippen molar-refractivity contribution in [3.8, 4) is 11.5 Å². The number of methoxy groups -OCH3 is 1. The predicted octanol–water partition coefficient (Wildman–Crippen LogP) is 2.61. The largest absolute Gasteiger partial charge is 0.508 e. The molecule has 0 aliphatic carbocycles. The number of aromatic hydroxyl groups is 1. The van der Waals surface area contributed by atoms with Crippen LogP contribution in [0.2, 0.25) is 0 Å². The molecule has 1 N–H and O–H groups in total. The minimum Gasteiger partial charge on any atom is -0.508 e. The van der Waals surface area contributed by atoms with Gasteiger partial charge in [0, 0.05) is 0 Å². The van der Waals surface area contributed by atoms with E-state index in [1.807, 2.05) is 0 Å². The molecule has 18 heavy (non-hydrogen) atoms. The summed E-state index contributed by atoms with van der Waals surface area (Å²) in [6.07, 6.45) is 0.727. The Hall–Kier alpha value is -1.71. The molecule has 0 heterocycles. The number of rotatable bonds is 6. The summed E-state index contributed by atoms with van der Waals surface area (Å²) in [5, 5.41) is 9.15. The monoisotopic (exact) mass is 252 g/mol. The molecule has 0 fully saturated rings. The number of carbonyl (C=O) groups is 1. The van der Waals surface area contributed by atoms with E-state index in [9.17, 15) is 4.79 Å². The third-order valence-corrected chi connectivity index (χ3v) is 2.58. The molecule has 0 spiro atoms. The van der Waals surface area contributed by atoms with Crippen molar-refractivity contribution in [3.63, 3.8) is 0 Å². The fourth-order valence-corrected chi connectivity index (χ4v) is 1.71. The second kappa shape index (κ2) is 6.89. The van der Waals surface area contributed by atoms with Gasteiger partial charge in [-0.15, -0.1) is 0 Å². The van der Waals surface area contributed by atoms with Gasteiger partial charge in [0.15, 0.2) is 0 Å². The predicted molar refractivity (Wildman–Crippen MR) is 68.6 cm³/mol. The summed E-state index contributed by atoms with van der Waals surface area (Å²) >= 11 is 0. The first kappa shape index (κ1) is 14.4. The summed E-state index contributed by atoms with van der Waals surface area (Å²) < 4.78 is 10.3. The molecule has 1 rings (SSSR count). The fourth-order valence-electron chi connectivity index (χ4n) is 1.71. The first-order valence-corrected chi connectivity index (χ1v) is 6.02. The van der Waals surface area contributed by atoms with Gasteiger partial charge >= 0.3 is 5.97 Å². The number of benzene rings is 1. The molecule has 1 unspecified atom stereocenters. The van der Waals surface area contributed by atoms with Crippen LogP contribution in [0.3, 0.4) is 0 Å².